The summed E-state index contributed by atoms with van der Waals surface area (Å²) in [5.74, 6) is -0.468. The molecule has 0 aromatic carbocycles. The van der Waals surface area contributed by atoms with E-state index in [9.17, 15) is 24.5 Å². The zero-order chi connectivity index (χ0) is 38.4. The minimum Gasteiger partial charge on any atom is -0.393 e. The summed E-state index contributed by atoms with van der Waals surface area (Å²) in [5, 5.41) is 23.9. The molecule has 0 aromatic rings. The summed E-state index contributed by atoms with van der Waals surface area (Å²) in [4.78, 5) is 22.7. The van der Waals surface area contributed by atoms with Crippen LogP contribution in [0, 0.1) is 0 Å². The fourth-order valence-electron chi connectivity index (χ4n) is 5.74. The smallest absolute Gasteiger partial charge is 0.393 e. The lowest BCUT2D eigenvalue weighted by atomic mass is 10.0. The van der Waals surface area contributed by atoms with Gasteiger partial charge in [0.2, 0.25) is 5.91 Å². The van der Waals surface area contributed by atoms with Gasteiger partial charge in [-0.3, -0.25) is 13.8 Å². The van der Waals surface area contributed by atoms with Crippen molar-refractivity contribution in [3.63, 3.8) is 0 Å². The lowest BCUT2D eigenvalue weighted by molar-refractivity contribution is -0.124. The Kier molecular flexibility index (Phi) is 36.6. The van der Waals surface area contributed by atoms with Crippen LogP contribution in [0.5, 0.6) is 0 Å². The number of hydrogen-bond donors (Lipinski definition) is 5. The third-order valence-electron chi connectivity index (χ3n) is 8.89. The van der Waals surface area contributed by atoms with E-state index in [2.05, 4.69) is 55.6 Å². The van der Waals surface area contributed by atoms with Crippen molar-refractivity contribution >= 4 is 13.7 Å². The van der Waals surface area contributed by atoms with Crippen LogP contribution >= 0.6 is 7.82 Å². The predicted molar refractivity (Wildman–Crippen MR) is 218 cm³/mol. The number of nitrogens with two attached hydrogens (primary N) is 1. The van der Waals surface area contributed by atoms with Gasteiger partial charge in [-0.25, -0.2) is 4.57 Å². The summed E-state index contributed by atoms with van der Waals surface area (Å²) in [6, 6.07) is -1.01. The Labute approximate surface area is 318 Å². The lowest BCUT2D eigenvalue weighted by Crippen LogP contribution is -2.46. The fourth-order valence-corrected chi connectivity index (χ4v) is 6.50. The number of rotatable bonds is 38. The van der Waals surface area contributed by atoms with Crippen LogP contribution in [-0.2, 0) is 18.4 Å². The van der Waals surface area contributed by atoms with Gasteiger partial charge >= 0.3 is 7.82 Å². The van der Waals surface area contributed by atoms with Crippen molar-refractivity contribution in [2.75, 3.05) is 19.8 Å². The maximum atomic E-state index is 12.8. The number of unbranched alkanes of at least 4 members (excludes halogenated alkanes) is 18. The van der Waals surface area contributed by atoms with Gasteiger partial charge < -0.3 is 26.2 Å². The van der Waals surface area contributed by atoms with Gasteiger partial charge in [-0.15, -0.1) is 0 Å². The SMILES string of the molecule is CCC/C=C/CC/C=C/CC/C=C/C(O)C(COP(=O)(O)OCCN)NC(=O)CC(O)CCCCCCC/C=C\CCCCCCCCCCCC. The van der Waals surface area contributed by atoms with Crippen molar-refractivity contribution in [2.45, 2.75) is 193 Å². The Morgan fingerprint density at radius 3 is 1.67 bits per heavy atom. The van der Waals surface area contributed by atoms with Crippen molar-refractivity contribution in [3.8, 4) is 0 Å². The van der Waals surface area contributed by atoms with E-state index in [0.717, 1.165) is 64.2 Å². The standard InChI is InChI=1S/C42H79N2O7P/c1-3-5-7-9-11-13-15-16-17-18-19-20-21-22-24-25-27-29-31-33-39(45)37-42(47)44-40(38-51-52(48,49)50-36-35-43)41(46)34-32-30-28-26-23-14-12-10-8-6-4-2/h8,10,20-21,23,26,32,34,39-41,45-46H,3-7,9,11-19,22,24-25,27-31,33,35-38,43H2,1-2H3,(H,44,47)(H,48,49)/b10-8+,21-20-,26-23+,34-32+. The first-order valence-corrected chi connectivity index (χ1v) is 22.3. The second-order valence-electron chi connectivity index (χ2n) is 14.0. The number of nitrogens with one attached hydrogen (secondary N) is 1. The molecule has 0 radical (unpaired) electrons. The Hall–Kier alpha value is -1.58. The Bertz CT molecular complexity index is 972. The molecule has 0 spiro atoms. The van der Waals surface area contributed by atoms with Gasteiger partial charge in [0.25, 0.3) is 0 Å². The number of hydrogen-bond acceptors (Lipinski definition) is 7. The van der Waals surface area contributed by atoms with Crippen molar-refractivity contribution in [1.29, 1.82) is 0 Å². The molecular formula is C42H79N2O7P. The molecule has 1 amide bonds. The predicted octanol–water partition coefficient (Wildman–Crippen LogP) is 10.3. The molecule has 0 bridgehead atoms. The summed E-state index contributed by atoms with van der Waals surface area (Å²) in [6.07, 6.45) is 42.1. The summed E-state index contributed by atoms with van der Waals surface area (Å²) in [6.45, 7) is 3.85. The highest BCUT2D eigenvalue weighted by atomic mass is 31.2. The maximum Gasteiger partial charge on any atom is 0.472 e. The van der Waals surface area contributed by atoms with Gasteiger partial charge in [-0.2, -0.15) is 0 Å². The molecule has 304 valence electrons. The number of aliphatic hydroxyl groups excluding tert-OH is 2. The Balaban J connectivity index is 4.32. The first-order valence-electron chi connectivity index (χ1n) is 20.8. The van der Waals surface area contributed by atoms with Crippen LogP contribution < -0.4 is 11.1 Å². The van der Waals surface area contributed by atoms with Gasteiger partial charge in [-0.1, -0.05) is 152 Å². The largest absolute Gasteiger partial charge is 0.472 e. The molecule has 6 N–H and O–H groups in total. The number of phosphoric acid groups is 1. The van der Waals surface area contributed by atoms with Crippen LogP contribution in [0.2, 0.25) is 0 Å². The summed E-state index contributed by atoms with van der Waals surface area (Å²) >= 11 is 0. The molecule has 0 aliphatic carbocycles. The molecule has 0 saturated heterocycles. The minimum absolute atomic E-state index is 0.0399. The second kappa shape index (κ2) is 37.7. The molecule has 10 heteroatoms. The lowest BCUT2D eigenvalue weighted by Gasteiger charge is -2.24. The van der Waals surface area contributed by atoms with E-state index in [1.165, 1.54) is 77.0 Å². The second-order valence-corrected chi connectivity index (χ2v) is 15.5. The van der Waals surface area contributed by atoms with Gasteiger partial charge in [-0.05, 0) is 64.2 Å². The molecule has 0 saturated carbocycles. The molecule has 4 atom stereocenters. The zero-order valence-electron chi connectivity index (χ0n) is 33.1. The highest BCUT2D eigenvalue weighted by Gasteiger charge is 2.27. The number of aliphatic hydroxyl groups is 2. The maximum absolute atomic E-state index is 12.8. The third-order valence-corrected chi connectivity index (χ3v) is 9.87. The fraction of sp³-hybridized carbons (Fsp3) is 0.786. The highest BCUT2D eigenvalue weighted by Crippen LogP contribution is 2.43. The van der Waals surface area contributed by atoms with E-state index in [0.29, 0.717) is 12.8 Å². The van der Waals surface area contributed by atoms with E-state index in [-0.39, 0.29) is 19.6 Å². The van der Waals surface area contributed by atoms with Crippen LogP contribution in [-0.4, -0.2) is 59.0 Å². The van der Waals surface area contributed by atoms with Gasteiger partial charge in [0, 0.05) is 6.54 Å². The number of carbonyl (C=O) groups excluding carboxylic acids is 1. The molecular weight excluding hydrogens is 675 g/mol. The average Bonchev–Trinajstić information content (AvgIpc) is 3.12. The molecule has 0 aliphatic rings. The van der Waals surface area contributed by atoms with Gasteiger partial charge in [0.05, 0.1) is 37.9 Å². The van der Waals surface area contributed by atoms with E-state index < -0.39 is 38.6 Å². The van der Waals surface area contributed by atoms with E-state index in [4.69, 9.17) is 14.8 Å². The molecule has 9 nitrogen and oxygen atoms in total. The number of carbonyl (C=O) groups is 1. The molecule has 4 unspecified atom stereocenters. The number of allylic oxidation sites excluding steroid dienone is 7. The Morgan fingerprint density at radius 1 is 0.654 bits per heavy atom. The Morgan fingerprint density at radius 2 is 1.13 bits per heavy atom. The van der Waals surface area contributed by atoms with Crippen molar-refractivity contribution < 1.29 is 33.5 Å². The van der Waals surface area contributed by atoms with E-state index >= 15 is 0 Å². The van der Waals surface area contributed by atoms with Gasteiger partial charge in [0.1, 0.15) is 0 Å². The summed E-state index contributed by atoms with van der Waals surface area (Å²) < 4.78 is 22.0. The monoisotopic (exact) mass is 755 g/mol. The van der Waals surface area contributed by atoms with Crippen molar-refractivity contribution in [2.24, 2.45) is 5.73 Å². The molecule has 0 fully saturated rings. The number of phosphoric ester groups is 1. The zero-order valence-corrected chi connectivity index (χ0v) is 34.0. The normalized spacial score (nSPS) is 15.3. The highest BCUT2D eigenvalue weighted by molar-refractivity contribution is 7.47. The third kappa shape index (κ3) is 35.4. The molecule has 0 heterocycles. The number of amides is 1. The molecule has 0 rings (SSSR count). The minimum atomic E-state index is -4.41. The first kappa shape index (κ1) is 50.4. The van der Waals surface area contributed by atoms with Gasteiger partial charge in [0.15, 0.2) is 0 Å². The van der Waals surface area contributed by atoms with Crippen molar-refractivity contribution in [1.82, 2.24) is 5.32 Å². The van der Waals surface area contributed by atoms with E-state index in [1.54, 1.807) is 6.08 Å². The van der Waals surface area contributed by atoms with Crippen LogP contribution in [0.4, 0.5) is 0 Å². The summed E-state index contributed by atoms with van der Waals surface area (Å²) in [7, 11) is -4.41. The van der Waals surface area contributed by atoms with Crippen LogP contribution in [0.1, 0.15) is 174 Å². The van der Waals surface area contributed by atoms with E-state index in [1.807, 2.05) is 6.08 Å². The summed E-state index contributed by atoms with van der Waals surface area (Å²) in [5.41, 5.74) is 5.34. The van der Waals surface area contributed by atoms with Crippen LogP contribution in [0.15, 0.2) is 48.6 Å². The molecule has 0 aromatic heterocycles. The quantitative estimate of drug-likeness (QED) is 0.0237. The van der Waals surface area contributed by atoms with Crippen LogP contribution in [0.25, 0.3) is 0 Å². The van der Waals surface area contributed by atoms with Crippen LogP contribution in [0.3, 0.4) is 0 Å². The molecule has 52 heavy (non-hydrogen) atoms. The topological polar surface area (TPSA) is 151 Å². The first-order chi connectivity index (χ1) is 25.3. The van der Waals surface area contributed by atoms with Crippen molar-refractivity contribution in [3.05, 3.63) is 48.6 Å². The average molecular weight is 755 g/mol. The molecule has 0 aliphatic heterocycles.